The van der Waals surface area contributed by atoms with Gasteiger partial charge in [-0.3, -0.25) is 13.9 Å². The van der Waals surface area contributed by atoms with Crippen molar-refractivity contribution in [2.24, 2.45) is 20.0 Å². The van der Waals surface area contributed by atoms with Crippen molar-refractivity contribution >= 4 is 21.0 Å². The molecule has 0 spiro atoms. The predicted molar refractivity (Wildman–Crippen MR) is 108 cm³/mol. The Kier molecular flexibility index (Phi) is 4.86. The van der Waals surface area contributed by atoms with E-state index in [1.165, 1.54) is 47.5 Å². The lowest BCUT2D eigenvalue weighted by Gasteiger charge is -2.06. The number of hydrogen-bond acceptors (Lipinski definition) is 5. The molecule has 0 atom stereocenters. The molecule has 156 valence electrons. The van der Waals surface area contributed by atoms with Gasteiger partial charge in [0.1, 0.15) is 5.82 Å². The summed E-state index contributed by atoms with van der Waals surface area (Å²) >= 11 is 0. The normalized spacial score (nSPS) is 14.0. The Balaban J connectivity index is 1.83. The monoisotopic (exact) mass is 430 g/mol. The van der Waals surface area contributed by atoms with Gasteiger partial charge in [-0.25, -0.2) is 17.6 Å². The van der Waals surface area contributed by atoms with Crippen LogP contribution < -0.4 is 11.2 Å². The number of aromatic nitrogens is 4. The summed E-state index contributed by atoms with van der Waals surface area (Å²) in [5, 5.41) is -0.229. The number of halogens is 1. The fourth-order valence-corrected chi connectivity index (χ4v) is 5.09. The first-order valence-corrected chi connectivity index (χ1v) is 11.0. The van der Waals surface area contributed by atoms with Crippen molar-refractivity contribution in [2.75, 3.05) is 5.75 Å². The van der Waals surface area contributed by atoms with E-state index < -0.39 is 21.1 Å². The SMILES string of the molecule is Cn1c(=O)c2c(nc(S(=O)(=O)CC3CC3)n2C)n(CC#Cc2ccc(F)cc2)c1=O. The summed E-state index contributed by atoms with van der Waals surface area (Å²) in [6.45, 7) is -0.111. The number of aryl methyl sites for hydroxylation is 1. The van der Waals surface area contributed by atoms with Crippen LogP contribution in [0.4, 0.5) is 4.39 Å². The molecule has 0 radical (unpaired) electrons. The molecule has 2 aromatic heterocycles. The van der Waals surface area contributed by atoms with Gasteiger partial charge in [-0.1, -0.05) is 11.8 Å². The first kappa shape index (κ1) is 20.1. The minimum absolute atomic E-state index is 0.0200. The topological polar surface area (TPSA) is 96.0 Å². The first-order valence-electron chi connectivity index (χ1n) is 9.32. The lowest BCUT2D eigenvalue weighted by molar-refractivity contribution is 0.576. The zero-order chi connectivity index (χ0) is 21.6. The number of imidazole rings is 1. The van der Waals surface area contributed by atoms with Crippen LogP contribution in [0.3, 0.4) is 0 Å². The summed E-state index contributed by atoms with van der Waals surface area (Å²) in [6, 6.07) is 5.56. The van der Waals surface area contributed by atoms with Crippen molar-refractivity contribution in [1.82, 2.24) is 18.7 Å². The molecule has 0 N–H and O–H groups in total. The van der Waals surface area contributed by atoms with E-state index in [-0.39, 0.29) is 40.4 Å². The van der Waals surface area contributed by atoms with Crippen molar-refractivity contribution in [3.05, 3.63) is 56.5 Å². The third-order valence-corrected chi connectivity index (χ3v) is 6.89. The molecule has 1 aliphatic carbocycles. The predicted octanol–water partition coefficient (Wildman–Crippen LogP) is 0.808. The van der Waals surface area contributed by atoms with Crippen LogP contribution in [-0.2, 0) is 30.5 Å². The highest BCUT2D eigenvalue weighted by Gasteiger charge is 2.33. The Hall–Kier alpha value is -3.19. The van der Waals surface area contributed by atoms with Crippen LogP contribution in [0.5, 0.6) is 0 Å². The van der Waals surface area contributed by atoms with Crippen LogP contribution in [0.1, 0.15) is 18.4 Å². The highest BCUT2D eigenvalue weighted by atomic mass is 32.2. The molecule has 0 unspecified atom stereocenters. The Labute approximate surface area is 171 Å². The number of rotatable bonds is 4. The second-order valence-electron chi connectivity index (χ2n) is 7.39. The Morgan fingerprint density at radius 1 is 1.13 bits per heavy atom. The third kappa shape index (κ3) is 3.57. The van der Waals surface area contributed by atoms with Crippen molar-refractivity contribution in [1.29, 1.82) is 0 Å². The number of hydrogen-bond donors (Lipinski definition) is 0. The highest BCUT2D eigenvalue weighted by Crippen LogP contribution is 2.32. The summed E-state index contributed by atoms with van der Waals surface area (Å²) in [5.74, 6) is 5.32. The summed E-state index contributed by atoms with van der Waals surface area (Å²) in [7, 11) is -0.927. The van der Waals surface area contributed by atoms with Gasteiger partial charge in [0, 0.05) is 19.7 Å². The van der Waals surface area contributed by atoms with Crippen LogP contribution in [0.2, 0.25) is 0 Å². The number of fused-ring (bicyclic) bond motifs is 1. The van der Waals surface area contributed by atoms with Gasteiger partial charge in [0.25, 0.3) is 5.56 Å². The van der Waals surface area contributed by atoms with Crippen molar-refractivity contribution in [3.8, 4) is 11.8 Å². The molecular formula is C20H19FN4O4S. The fourth-order valence-electron chi connectivity index (χ4n) is 3.25. The molecule has 8 nitrogen and oxygen atoms in total. The van der Waals surface area contributed by atoms with Gasteiger partial charge in [-0.2, -0.15) is 4.98 Å². The molecule has 1 aromatic carbocycles. The van der Waals surface area contributed by atoms with Crippen LogP contribution in [0.25, 0.3) is 11.2 Å². The second kappa shape index (κ2) is 7.25. The lowest BCUT2D eigenvalue weighted by atomic mass is 10.2. The van der Waals surface area contributed by atoms with Crippen molar-refractivity contribution < 1.29 is 12.8 Å². The average molecular weight is 430 g/mol. The molecule has 0 aliphatic heterocycles. The quantitative estimate of drug-likeness (QED) is 0.571. The molecule has 10 heteroatoms. The van der Waals surface area contributed by atoms with E-state index in [2.05, 4.69) is 16.8 Å². The van der Waals surface area contributed by atoms with Gasteiger partial charge in [-0.05, 0) is 43.0 Å². The molecule has 2 heterocycles. The lowest BCUT2D eigenvalue weighted by Crippen LogP contribution is -2.38. The number of benzene rings is 1. The van der Waals surface area contributed by atoms with E-state index in [9.17, 15) is 22.4 Å². The summed E-state index contributed by atoms with van der Waals surface area (Å²) in [6.07, 6.45) is 1.71. The molecule has 0 bridgehead atoms. The van der Waals surface area contributed by atoms with Crippen LogP contribution >= 0.6 is 0 Å². The van der Waals surface area contributed by atoms with E-state index >= 15 is 0 Å². The van der Waals surface area contributed by atoms with Gasteiger partial charge in [0.2, 0.25) is 15.0 Å². The second-order valence-corrected chi connectivity index (χ2v) is 9.32. The van der Waals surface area contributed by atoms with E-state index in [1.807, 2.05) is 0 Å². The molecule has 1 fully saturated rings. The summed E-state index contributed by atoms with van der Waals surface area (Å²) in [5.41, 5.74) is -0.714. The third-order valence-electron chi connectivity index (χ3n) is 5.06. The van der Waals surface area contributed by atoms with Gasteiger partial charge in [0.05, 0.1) is 12.3 Å². The minimum atomic E-state index is -3.70. The van der Waals surface area contributed by atoms with Gasteiger partial charge in [0.15, 0.2) is 11.2 Å². The van der Waals surface area contributed by atoms with Gasteiger partial charge < -0.3 is 4.57 Å². The largest absolute Gasteiger partial charge is 0.333 e. The molecule has 1 saturated carbocycles. The molecular weight excluding hydrogens is 411 g/mol. The van der Waals surface area contributed by atoms with Crippen molar-refractivity contribution in [3.63, 3.8) is 0 Å². The molecule has 0 saturated heterocycles. The first-order chi connectivity index (χ1) is 14.2. The smallest absolute Gasteiger partial charge is 0.312 e. The highest BCUT2D eigenvalue weighted by molar-refractivity contribution is 7.91. The van der Waals surface area contributed by atoms with Crippen LogP contribution in [-0.4, -0.2) is 32.9 Å². The standard InChI is InChI=1S/C20H19FN4O4S/c1-23-16-17(22-19(23)30(28,29)12-14-5-6-14)25(20(27)24(2)18(16)26)11-3-4-13-7-9-15(21)10-8-13/h7-10,14H,5-6,11-12H2,1-2H3. The van der Waals surface area contributed by atoms with E-state index in [4.69, 9.17) is 0 Å². The maximum atomic E-state index is 13.0. The summed E-state index contributed by atoms with van der Waals surface area (Å²) < 4.78 is 41.8. The van der Waals surface area contributed by atoms with Gasteiger partial charge in [-0.15, -0.1) is 0 Å². The molecule has 4 rings (SSSR count). The van der Waals surface area contributed by atoms with E-state index in [0.29, 0.717) is 5.56 Å². The average Bonchev–Trinajstić information content (AvgIpc) is 3.43. The zero-order valence-corrected chi connectivity index (χ0v) is 17.2. The molecule has 0 amide bonds. The Morgan fingerprint density at radius 3 is 2.43 bits per heavy atom. The van der Waals surface area contributed by atoms with Crippen LogP contribution in [0.15, 0.2) is 39.0 Å². The molecule has 3 aromatic rings. The van der Waals surface area contributed by atoms with E-state index in [0.717, 1.165) is 17.4 Å². The van der Waals surface area contributed by atoms with E-state index in [1.54, 1.807) is 0 Å². The molecule has 30 heavy (non-hydrogen) atoms. The summed E-state index contributed by atoms with van der Waals surface area (Å²) in [4.78, 5) is 29.5. The van der Waals surface area contributed by atoms with Gasteiger partial charge >= 0.3 is 5.69 Å². The maximum Gasteiger partial charge on any atom is 0.333 e. The zero-order valence-electron chi connectivity index (χ0n) is 16.4. The number of sulfone groups is 1. The minimum Gasteiger partial charge on any atom is -0.312 e. The van der Waals surface area contributed by atoms with Crippen molar-refractivity contribution in [2.45, 2.75) is 24.5 Å². The fraction of sp³-hybridized carbons (Fsp3) is 0.350. The maximum absolute atomic E-state index is 13.0. The molecule has 1 aliphatic rings. The van der Waals surface area contributed by atoms with Crippen LogP contribution in [0, 0.1) is 23.6 Å². The number of nitrogens with zero attached hydrogens (tertiary/aromatic N) is 4. The Bertz CT molecular complexity index is 1430. The Morgan fingerprint density at radius 2 is 1.80 bits per heavy atom.